The molecule has 0 fully saturated rings. The molecule has 0 saturated heterocycles. The van der Waals surface area contributed by atoms with E-state index in [1.807, 2.05) is 56.3 Å². The maximum absolute atomic E-state index is 12.3. The number of aromatic nitrogens is 3. The van der Waals surface area contributed by atoms with Crippen molar-refractivity contribution in [1.29, 1.82) is 0 Å². The van der Waals surface area contributed by atoms with E-state index in [2.05, 4.69) is 31.4 Å². The first-order valence-corrected chi connectivity index (χ1v) is 9.69. The molecule has 1 heterocycles. The van der Waals surface area contributed by atoms with Crippen LogP contribution in [-0.4, -0.2) is 26.5 Å². The van der Waals surface area contributed by atoms with Crippen molar-refractivity contribution in [1.82, 2.24) is 14.9 Å². The van der Waals surface area contributed by atoms with E-state index in [1.54, 1.807) is 0 Å². The van der Waals surface area contributed by atoms with Crippen LogP contribution in [0.4, 0.5) is 5.69 Å². The van der Waals surface area contributed by atoms with Crippen LogP contribution < -0.4 is 11.2 Å². The van der Waals surface area contributed by atoms with Crippen LogP contribution in [0.2, 0.25) is 0 Å². The van der Waals surface area contributed by atoms with Gasteiger partial charge in [-0.3, -0.25) is 4.79 Å². The molecular formula is C18H18BrN5OS. The number of halogens is 1. The summed E-state index contributed by atoms with van der Waals surface area (Å²) >= 11 is 4.72. The number of aryl methyl sites for hydroxylation is 1. The number of thioether (sulfide) groups is 1. The van der Waals surface area contributed by atoms with Gasteiger partial charge >= 0.3 is 0 Å². The van der Waals surface area contributed by atoms with Gasteiger partial charge in [0, 0.05) is 15.7 Å². The van der Waals surface area contributed by atoms with Crippen LogP contribution >= 0.6 is 27.7 Å². The monoisotopic (exact) mass is 431 g/mol. The Kier molecular flexibility index (Phi) is 5.63. The molecule has 8 heteroatoms. The zero-order valence-corrected chi connectivity index (χ0v) is 16.8. The van der Waals surface area contributed by atoms with Crippen molar-refractivity contribution in [3.8, 4) is 11.4 Å². The molecular weight excluding hydrogens is 414 g/mol. The van der Waals surface area contributed by atoms with E-state index in [-0.39, 0.29) is 11.7 Å². The summed E-state index contributed by atoms with van der Waals surface area (Å²) in [5.41, 5.74) is 3.85. The van der Waals surface area contributed by atoms with Crippen LogP contribution in [0.3, 0.4) is 0 Å². The van der Waals surface area contributed by atoms with Gasteiger partial charge in [0.1, 0.15) is 0 Å². The molecule has 0 aliphatic carbocycles. The SMILES string of the molecule is Cc1cccc(NC(=O)CSc2nnc(-c3ccccc3Br)n2N)c1C. The van der Waals surface area contributed by atoms with Crippen molar-refractivity contribution >= 4 is 39.3 Å². The molecule has 3 rings (SSSR count). The Bertz CT molecular complexity index is 957. The molecule has 0 bridgehead atoms. The second kappa shape index (κ2) is 7.92. The van der Waals surface area contributed by atoms with Gasteiger partial charge in [0.15, 0.2) is 5.82 Å². The molecule has 0 saturated carbocycles. The zero-order valence-electron chi connectivity index (χ0n) is 14.4. The molecule has 6 nitrogen and oxygen atoms in total. The fraction of sp³-hybridized carbons (Fsp3) is 0.167. The minimum atomic E-state index is -0.117. The van der Waals surface area contributed by atoms with Crippen LogP contribution in [0.25, 0.3) is 11.4 Å². The Morgan fingerprint density at radius 2 is 1.96 bits per heavy atom. The van der Waals surface area contributed by atoms with Crippen LogP contribution in [0.5, 0.6) is 0 Å². The number of carbonyl (C=O) groups excluding carboxylic acids is 1. The van der Waals surface area contributed by atoms with Crippen LogP contribution in [0.15, 0.2) is 52.1 Å². The van der Waals surface area contributed by atoms with Crippen molar-refractivity contribution in [2.45, 2.75) is 19.0 Å². The number of anilines is 1. The number of nitrogen functional groups attached to an aromatic ring is 1. The number of rotatable bonds is 5. The Morgan fingerprint density at radius 3 is 2.73 bits per heavy atom. The summed E-state index contributed by atoms with van der Waals surface area (Å²) in [6.07, 6.45) is 0. The fourth-order valence-electron chi connectivity index (χ4n) is 2.40. The lowest BCUT2D eigenvalue weighted by molar-refractivity contribution is -0.113. The Labute approximate surface area is 164 Å². The molecule has 3 aromatic rings. The van der Waals surface area contributed by atoms with Gasteiger partial charge in [-0.1, -0.05) is 52.0 Å². The van der Waals surface area contributed by atoms with E-state index in [9.17, 15) is 4.79 Å². The summed E-state index contributed by atoms with van der Waals surface area (Å²) in [5.74, 6) is 6.72. The van der Waals surface area contributed by atoms with Crippen molar-refractivity contribution in [3.63, 3.8) is 0 Å². The quantitative estimate of drug-likeness (QED) is 0.474. The lowest BCUT2D eigenvalue weighted by Crippen LogP contribution is -2.17. The second-order valence-corrected chi connectivity index (χ2v) is 7.54. The van der Waals surface area contributed by atoms with Gasteiger partial charge in [-0.25, -0.2) is 4.68 Å². The minimum Gasteiger partial charge on any atom is -0.335 e. The maximum atomic E-state index is 12.3. The summed E-state index contributed by atoms with van der Waals surface area (Å²) in [7, 11) is 0. The highest BCUT2D eigenvalue weighted by molar-refractivity contribution is 9.10. The Morgan fingerprint density at radius 1 is 1.19 bits per heavy atom. The molecule has 134 valence electrons. The molecule has 0 radical (unpaired) electrons. The number of hydrogen-bond acceptors (Lipinski definition) is 5. The fourth-order valence-corrected chi connectivity index (χ4v) is 3.52. The van der Waals surface area contributed by atoms with Crippen LogP contribution in [0.1, 0.15) is 11.1 Å². The minimum absolute atomic E-state index is 0.117. The van der Waals surface area contributed by atoms with E-state index in [0.717, 1.165) is 26.9 Å². The van der Waals surface area contributed by atoms with E-state index >= 15 is 0 Å². The van der Waals surface area contributed by atoms with Crippen molar-refractivity contribution < 1.29 is 4.79 Å². The van der Waals surface area contributed by atoms with Gasteiger partial charge in [-0.05, 0) is 43.2 Å². The Balaban J connectivity index is 1.68. The number of nitrogens with one attached hydrogen (secondary N) is 1. The van der Waals surface area contributed by atoms with Gasteiger partial charge in [0.05, 0.1) is 5.75 Å². The number of hydrogen-bond donors (Lipinski definition) is 2. The molecule has 0 aliphatic heterocycles. The molecule has 0 atom stereocenters. The molecule has 1 amide bonds. The third-order valence-corrected chi connectivity index (χ3v) is 5.62. The van der Waals surface area contributed by atoms with Gasteiger partial charge in [-0.2, -0.15) is 0 Å². The average Bonchev–Trinajstić information content (AvgIpc) is 2.98. The number of benzene rings is 2. The third-order valence-electron chi connectivity index (χ3n) is 3.99. The topological polar surface area (TPSA) is 85.8 Å². The molecule has 0 aliphatic rings. The van der Waals surface area contributed by atoms with E-state index in [0.29, 0.717) is 11.0 Å². The van der Waals surface area contributed by atoms with Gasteiger partial charge in [0.2, 0.25) is 11.1 Å². The van der Waals surface area contributed by atoms with Crippen LogP contribution in [-0.2, 0) is 4.79 Å². The third kappa shape index (κ3) is 3.91. The van der Waals surface area contributed by atoms with Crippen molar-refractivity contribution in [3.05, 3.63) is 58.1 Å². The van der Waals surface area contributed by atoms with Crippen LogP contribution in [0, 0.1) is 13.8 Å². The summed E-state index contributed by atoms with van der Waals surface area (Å²) in [6, 6.07) is 13.5. The molecule has 2 aromatic carbocycles. The normalized spacial score (nSPS) is 10.7. The molecule has 0 unspecified atom stereocenters. The zero-order chi connectivity index (χ0) is 18.7. The number of nitrogens with two attached hydrogens (primary N) is 1. The van der Waals surface area contributed by atoms with Gasteiger partial charge < -0.3 is 11.2 Å². The smallest absolute Gasteiger partial charge is 0.234 e. The van der Waals surface area contributed by atoms with Gasteiger partial charge in [-0.15, -0.1) is 10.2 Å². The number of amides is 1. The van der Waals surface area contributed by atoms with Crippen molar-refractivity contribution in [2.24, 2.45) is 0 Å². The first kappa shape index (κ1) is 18.5. The lowest BCUT2D eigenvalue weighted by Gasteiger charge is -2.10. The van der Waals surface area contributed by atoms with E-state index < -0.39 is 0 Å². The summed E-state index contributed by atoms with van der Waals surface area (Å²) < 4.78 is 2.28. The first-order chi connectivity index (χ1) is 12.5. The summed E-state index contributed by atoms with van der Waals surface area (Å²) in [4.78, 5) is 12.3. The van der Waals surface area contributed by atoms with E-state index in [1.165, 1.54) is 16.4 Å². The predicted molar refractivity (Wildman–Crippen MR) is 109 cm³/mol. The van der Waals surface area contributed by atoms with Gasteiger partial charge in [0.25, 0.3) is 0 Å². The standard InChI is InChI=1S/C18H18BrN5OS/c1-11-6-5-9-15(12(11)2)21-16(25)10-26-18-23-22-17(24(18)20)13-7-3-4-8-14(13)19/h3-9H,10,20H2,1-2H3,(H,21,25). The summed E-state index contributed by atoms with van der Waals surface area (Å²) in [6.45, 7) is 4.00. The number of nitrogens with zero attached hydrogens (tertiary/aromatic N) is 3. The highest BCUT2D eigenvalue weighted by Crippen LogP contribution is 2.28. The van der Waals surface area contributed by atoms with E-state index in [4.69, 9.17) is 5.84 Å². The molecule has 26 heavy (non-hydrogen) atoms. The second-order valence-electron chi connectivity index (χ2n) is 5.74. The summed E-state index contributed by atoms with van der Waals surface area (Å²) in [5, 5.41) is 11.6. The molecule has 0 spiro atoms. The molecule has 1 aromatic heterocycles. The largest absolute Gasteiger partial charge is 0.335 e. The van der Waals surface area contributed by atoms with Crippen molar-refractivity contribution in [2.75, 3.05) is 16.9 Å². The highest BCUT2D eigenvalue weighted by atomic mass is 79.9. The Hall–Kier alpha value is -2.32. The maximum Gasteiger partial charge on any atom is 0.234 e. The average molecular weight is 432 g/mol. The highest BCUT2D eigenvalue weighted by Gasteiger charge is 2.15. The number of carbonyl (C=O) groups is 1. The molecule has 3 N–H and O–H groups in total. The first-order valence-electron chi connectivity index (χ1n) is 7.91. The lowest BCUT2D eigenvalue weighted by atomic mass is 10.1. The predicted octanol–water partition coefficient (Wildman–Crippen LogP) is 3.77.